The van der Waals surface area contributed by atoms with E-state index in [0.29, 0.717) is 40.4 Å². The third-order valence-electron chi connectivity index (χ3n) is 5.66. The third-order valence-corrected chi connectivity index (χ3v) is 5.66. The van der Waals surface area contributed by atoms with E-state index in [1.54, 1.807) is 36.5 Å². The number of rotatable bonds is 3. The molecule has 0 saturated carbocycles. The van der Waals surface area contributed by atoms with E-state index in [1.807, 2.05) is 24.3 Å². The monoisotopic (exact) mass is 432 g/mol. The highest BCUT2D eigenvalue weighted by Crippen LogP contribution is 2.33. The lowest BCUT2D eigenvalue weighted by molar-refractivity contribution is -0.122. The molecule has 1 aliphatic heterocycles. The van der Waals surface area contributed by atoms with E-state index in [0.717, 1.165) is 22.1 Å². The number of fused-ring (bicyclic) bond motifs is 3. The fourth-order valence-electron chi connectivity index (χ4n) is 4.00. The Kier molecular flexibility index (Phi) is 4.30. The van der Waals surface area contributed by atoms with Gasteiger partial charge in [0.1, 0.15) is 17.0 Å². The normalized spacial score (nSPS) is 14.6. The van der Waals surface area contributed by atoms with Gasteiger partial charge in [0.2, 0.25) is 5.89 Å². The van der Waals surface area contributed by atoms with E-state index in [9.17, 15) is 4.79 Å². The summed E-state index contributed by atoms with van der Waals surface area (Å²) in [4.78, 5) is 21.6. The SMILES string of the molecule is N#Cc1ccc2oc(-c3ccc(NC(=O)C4Cc5cc6ccccc6cc5O4)cn3)nc2c1. The van der Waals surface area contributed by atoms with Crippen molar-refractivity contribution in [2.45, 2.75) is 12.5 Å². The van der Waals surface area contributed by atoms with Crippen LogP contribution in [0.15, 0.2) is 77.3 Å². The van der Waals surface area contributed by atoms with Crippen molar-refractivity contribution in [1.82, 2.24) is 9.97 Å². The average molecular weight is 432 g/mol. The van der Waals surface area contributed by atoms with Crippen molar-refractivity contribution in [2.24, 2.45) is 0 Å². The van der Waals surface area contributed by atoms with Gasteiger partial charge in [-0.2, -0.15) is 5.26 Å². The molecule has 1 atom stereocenters. The van der Waals surface area contributed by atoms with Gasteiger partial charge in [0.05, 0.1) is 23.5 Å². The molecular weight excluding hydrogens is 416 g/mol. The van der Waals surface area contributed by atoms with Crippen LogP contribution in [0.3, 0.4) is 0 Å². The smallest absolute Gasteiger partial charge is 0.265 e. The summed E-state index contributed by atoms with van der Waals surface area (Å²) >= 11 is 0. The molecule has 1 N–H and O–H groups in total. The van der Waals surface area contributed by atoms with Crippen LogP contribution in [0.1, 0.15) is 11.1 Å². The molecule has 5 aromatic rings. The van der Waals surface area contributed by atoms with E-state index in [2.05, 4.69) is 33.5 Å². The highest BCUT2D eigenvalue weighted by Gasteiger charge is 2.29. The van der Waals surface area contributed by atoms with Crippen molar-refractivity contribution in [2.75, 3.05) is 5.32 Å². The molecule has 0 bridgehead atoms. The molecule has 33 heavy (non-hydrogen) atoms. The maximum atomic E-state index is 12.8. The van der Waals surface area contributed by atoms with Gasteiger partial charge in [-0.25, -0.2) is 9.97 Å². The highest BCUT2D eigenvalue weighted by atomic mass is 16.5. The van der Waals surface area contributed by atoms with Crippen LogP contribution in [0.4, 0.5) is 5.69 Å². The Bertz CT molecular complexity index is 1540. The molecule has 0 spiro atoms. The van der Waals surface area contributed by atoms with Crippen molar-refractivity contribution in [3.05, 3.63) is 84.1 Å². The van der Waals surface area contributed by atoms with Crippen LogP contribution in [0.2, 0.25) is 0 Å². The number of carbonyl (C=O) groups is 1. The summed E-state index contributed by atoms with van der Waals surface area (Å²) in [6.45, 7) is 0. The summed E-state index contributed by atoms with van der Waals surface area (Å²) in [5.74, 6) is 0.869. The summed E-state index contributed by atoms with van der Waals surface area (Å²) < 4.78 is 11.6. The summed E-state index contributed by atoms with van der Waals surface area (Å²) in [7, 11) is 0. The molecule has 0 aliphatic carbocycles. The number of anilines is 1. The number of pyridine rings is 1. The van der Waals surface area contributed by atoms with Crippen LogP contribution < -0.4 is 10.1 Å². The van der Waals surface area contributed by atoms with Gasteiger partial charge in [0, 0.05) is 6.42 Å². The topological polar surface area (TPSA) is 101 Å². The van der Waals surface area contributed by atoms with E-state index in [-0.39, 0.29) is 5.91 Å². The van der Waals surface area contributed by atoms with Crippen molar-refractivity contribution >= 4 is 33.5 Å². The third kappa shape index (κ3) is 3.44. The van der Waals surface area contributed by atoms with Crippen LogP contribution >= 0.6 is 0 Å². The van der Waals surface area contributed by atoms with Crippen molar-refractivity contribution < 1.29 is 13.9 Å². The Morgan fingerprint density at radius 3 is 2.70 bits per heavy atom. The quantitative estimate of drug-likeness (QED) is 0.437. The number of nitrogens with zero attached hydrogens (tertiary/aromatic N) is 3. The number of hydrogen-bond donors (Lipinski definition) is 1. The summed E-state index contributed by atoms with van der Waals surface area (Å²) in [6.07, 6.45) is 1.48. The average Bonchev–Trinajstić information content (AvgIpc) is 3.46. The minimum Gasteiger partial charge on any atom is -0.480 e. The number of aromatic nitrogens is 2. The molecule has 3 heterocycles. The standard InChI is InChI=1S/C26H16N4O3/c27-13-15-5-8-22-21(9-15)30-26(33-22)20-7-6-19(14-28-20)29-25(31)24-12-18-10-16-3-1-2-4-17(16)11-23(18)32-24/h1-11,14,24H,12H2,(H,29,31). The van der Waals surface area contributed by atoms with Crippen LogP contribution in [-0.2, 0) is 11.2 Å². The Hall–Kier alpha value is -4.70. The molecule has 158 valence electrons. The van der Waals surface area contributed by atoms with Gasteiger partial charge in [0.15, 0.2) is 11.7 Å². The molecule has 3 aromatic carbocycles. The Morgan fingerprint density at radius 2 is 1.91 bits per heavy atom. The van der Waals surface area contributed by atoms with E-state index in [1.165, 1.54) is 0 Å². The minimum atomic E-state index is -0.595. The van der Waals surface area contributed by atoms with E-state index in [4.69, 9.17) is 14.4 Å². The molecule has 0 radical (unpaired) electrons. The maximum absolute atomic E-state index is 12.8. The first kappa shape index (κ1) is 19.0. The van der Waals surface area contributed by atoms with Crippen LogP contribution in [0.5, 0.6) is 5.75 Å². The van der Waals surface area contributed by atoms with Gasteiger partial charge in [-0.15, -0.1) is 0 Å². The molecule has 7 nitrogen and oxygen atoms in total. The number of oxazole rings is 1. The number of carbonyl (C=O) groups excluding carboxylic acids is 1. The van der Waals surface area contributed by atoms with Gasteiger partial charge in [-0.3, -0.25) is 4.79 Å². The van der Waals surface area contributed by atoms with Crippen molar-refractivity contribution in [1.29, 1.82) is 5.26 Å². The van der Waals surface area contributed by atoms with Gasteiger partial charge in [-0.05, 0) is 58.8 Å². The lowest BCUT2D eigenvalue weighted by atomic mass is 10.0. The Labute approximate surface area is 188 Å². The predicted octanol–water partition coefficient (Wildman–Crippen LogP) is 4.86. The van der Waals surface area contributed by atoms with Gasteiger partial charge in [-0.1, -0.05) is 24.3 Å². The van der Waals surface area contributed by atoms with E-state index < -0.39 is 6.10 Å². The molecule has 1 amide bonds. The zero-order valence-electron chi connectivity index (χ0n) is 17.3. The molecular formula is C26H16N4O3. The first-order valence-electron chi connectivity index (χ1n) is 10.4. The molecule has 1 aliphatic rings. The highest BCUT2D eigenvalue weighted by molar-refractivity contribution is 5.95. The molecule has 1 unspecified atom stereocenters. The molecule has 0 fully saturated rings. The van der Waals surface area contributed by atoms with Crippen LogP contribution in [-0.4, -0.2) is 22.0 Å². The van der Waals surface area contributed by atoms with Crippen LogP contribution in [0, 0.1) is 11.3 Å². The van der Waals surface area contributed by atoms with Crippen molar-refractivity contribution in [3.8, 4) is 23.4 Å². The molecule has 2 aromatic heterocycles. The zero-order chi connectivity index (χ0) is 22.4. The van der Waals surface area contributed by atoms with Gasteiger partial charge in [0.25, 0.3) is 5.91 Å². The summed E-state index contributed by atoms with van der Waals surface area (Å²) in [6, 6.07) is 22.7. The molecule has 6 rings (SSSR count). The minimum absolute atomic E-state index is 0.226. The lowest BCUT2D eigenvalue weighted by Crippen LogP contribution is -2.31. The van der Waals surface area contributed by atoms with Crippen LogP contribution in [0.25, 0.3) is 33.5 Å². The maximum Gasteiger partial charge on any atom is 0.265 e. The zero-order valence-corrected chi connectivity index (χ0v) is 17.3. The fraction of sp³-hybridized carbons (Fsp3) is 0.0769. The second-order valence-corrected chi connectivity index (χ2v) is 7.85. The Morgan fingerprint density at radius 1 is 1.06 bits per heavy atom. The number of nitrogens with one attached hydrogen (secondary N) is 1. The van der Waals surface area contributed by atoms with Gasteiger partial charge < -0.3 is 14.5 Å². The summed E-state index contributed by atoms with van der Waals surface area (Å²) in [5.41, 5.74) is 3.79. The first-order chi connectivity index (χ1) is 16.2. The predicted molar refractivity (Wildman–Crippen MR) is 123 cm³/mol. The number of hydrogen-bond acceptors (Lipinski definition) is 6. The lowest BCUT2D eigenvalue weighted by Gasteiger charge is -2.11. The molecule has 0 saturated heterocycles. The first-order valence-corrected chi connectivity index (χ1v) is 10.4. The largest absolute Gasteiger partial charge is 0.480 e. The second-order valence-electron chi connectivity index (χ2n) is 7.85. The fourth-order valence-corrected chi connectivity index (χ4v) is 4.00. The molecule has 7 heteroatoms. The number of nitriles is 1. The number of ether oxygens (including phenoxy) is 1. The summed E-state index contributed by atoms with van der Waals surface area (Å²) in [5, 5.41) is 14.1. The number of amides is 1. The van der Waals surface area contributed by atoms with Gasteiger partial charge >= 0.3 is 0 Å². The van der Waals surface area contributed by atoms with Crippen molar-refractivity contribution in [3.63, 3.8) is 0 Å². The Balaban J connectivity index is 1.17. The second kappa shape index (κ2) is 7.46. The number of benzene rings is 3. The van der Waals surface area contributed by atoms with E-state index >= 15 is 0 Å².